The Morgan fingerprint density at radius 3 is 2.46 bits per heavy atom. The second-order valence-electron chi connectivity index (χ2n) is 6.46. The van der Waals surface area contributed by atoms with Gasteiger partial charge in [0.05, 0.1) is 11.9 Å². The van der Waals surface area contributed by atoms with Crippen LogP contribution in [-0.4, -0.2) is 28.0 Å². The molecule has 3 aromatic rings. The molecule has 146 valence electrons. The minimum atomic E-state index is -0.390. The minimum absolute atomic E-state index is 0.139. The number of benzene rings is 2. The molecule has 0 saturated heterocycles. The zero-order valence-electron chi connectivity index (χ0n) is 16.4. The number of nitrogens with zero attached hydrogens (tertiary/aromatic N) is 2. The van der Waals surface area contributed by atoms with E-state index in [0.717, 1.165) is 22.4 Å². The van der Waals surface area contributed by atoms with Gasteiger partial charge in [0.2, 0.25) is 11.8 Å². The summed E-state index contributed by atoms with van der Waals surface area (Å²) in [6, 6.07) is 13.4. The maximum Gasteiger partial charge on any atom is 0.277 e. The van der Waals surface area contributed by atoms with Gasteiger partial charge in [-0.2, -0.15) is 0 Å². The van der Waals surface area contributed by atoms with Crippen molar-refractivity contribution in [3.63, 3.8) is 0 Å². The number of carbonyl (C=O) groups excluding carboxylic acids is 1. The van der Waals surface area contributed by atoms with Crippen LogP contribution in [0.1, 0.15) is 25.0 Å². The van der Waals surface area contributed by atoms with Crippen LogP contribution in [0.3, 0.4) is 0 Å². The third kappa shape index (κ3) is 5.13. The summed E-state index contributed by atoms with van der Waals surface area (Å²) in [4.78, 5) is 12.4. The lowest BCUT2D eigenvalue weighted by Crippen LogP contribution is -2.22. The fourth-order valence-corrected chi connectivity index (χ4v) is 3.41. The van der Waals surface area contributed by atoms with Crippen LogP contribution in [0.15, 0.2) is 52.1 Å². The minimum Gasteiger partial charge on any atom is -0.494 e. The number of hydrogen-bond donors (Lipinski definition) is 1. The molecule has 0 aliphatic rings. The van der Waals surface area contributed by atoms with Gasteiger partial charge in [-0.15, -0.1) is 10.2 Å². The highest BCUT2D eigenvalue weighted by molar-refractivity contribution is 8.00. The van der Waals surface area contributed by atoms with Gasteiger partial charge in [0, 0.05) is 11.3 Å². The van der Waals surface area contributed by atoms with E-state index in [9.17, 15) is 4.79 Å². The highest BCUT2D eigenvalue weighted by Gasteiger charge is 2.19. The quantitative estimate of drug-likeness (QED) is 0.573. The number of amides is 1. The van der Waals surface area contributed by atoms with Crippen molar-refractivity contribution in [1.29, 1.82) is 0 Å². The molecule has 0 unspecified atom stereocenters. The number of nitrogens with one attached hydrogen (secondary N) is 1. The van der Waals surface area contributed by atoms with Crippen LogP contribution < -0.4 is 10.1 Å². The van der Waals surface area contributed by atoms with Gasteiger partial charge in [-0.3, -0.25) is 4.79 Å². The number of ether oxygens (including phenoxy) is 1. The van der Waals surface area contributed by atoms with E-state index in [-0.39, 0.29) is 11.2 Å². The molecule has 0 aliphatic heterocycles. The van der Waals surface area contributed by atoms with E-state index in [1.165, 1.54) is 11.8 Å². The lowest BCUT2D eigenvalue weighted by Gasteiger charge is -2.10. The van der Waals surface area contributed by atoms with Crippen molar-refractivity contribution < 1.29 is 13.9 Å². The van der Waals surface area contributed by atoms with Crippen molar-refractivity contribution >= 4 is 23.4 Å². The van der Waals surface area contributed by atoms with E-state index in [0.29, 0.717) is 23.4 Å². The molecule has 0 aliphatic carbocycles. The van der Waals surface area contributed by atoms with Crippen molar-refractivity contribution in [2.75, 3.05) is 11.9 Å². The molecule has 0 saturated carbocycles. The van der Waals surface area contributed by atoms with E-state index in [2.05, 4.69) is 21.6 Å². The Morgan fingerprint density at radius 2 is 1.82 bits per heavy atom. The fraction of sp³-hybridized carbons (Fsp3) is 0.286. The molecule has 0 fully saturated rings. The highest BCUT2D eigenvalue weighted by Crippen LogP contribution is 2.28. The van der Waals surface area contributed by atoms with E-state index in [4.69, 9.17) is 9.15 Å². The van der Waals surface area contributed by atoms with Crippen LogP contribution in [0.4, 0.5) is 5.69 Å². The number of rotatable bonds is 7. The van der Waals surface area contributed by atoms with Crippen LogP contribution in [0.25, 0.3) is 11.5 Å². The monoisotopic (exact) mass is 397 g/mol. The number of aryl methyl sites for hydroxylation is 2. The maximum absolute atomic E-state index is 12.4. The van der Waals surface area contributed by atoms with E-state index >= 15 is 0 Å². The molecule has 6 nitrogen and oxygen atoms in total. The summed E-state index contributed by atoms with van der Waals surface area (Å²) in [5, 5.41) is 11.0. The fourth-order valence-electron chi connectivity index (χ4n) is 2.72. The number of carbonyl (C=O) groups is 1. The first-order valence-corrected chi connectivity index (χ1v) is 9.95. The molecule has 1 aromatic heterocycles. The number of hydrogen-bond acceptors (Lipinski definition) is 6. The molecule has 0 radical (unpaired) electrons. The summed E-state index contributed by atoms with van der Waals surface area (Å²) in [6.45, 7) is 8.38. The molecule has 1 heterocycles. The molecule has 2 aromatic carbocycles. The molecular weight excluding hydrogens is 374 g/mol. The van der Waals surface area contributed by atoms with Crippen molar-refractivity contribution in [3.05, 3.63) is 53.6 Å². The zero-order valence-corrected chi connectivity index (χ0v) is 17.2. The van der Waals surface area contributed by atoms with Gasteiger partial charge in [-0.1, -0.05) is 29.0 Å². The maximum atomic E-state index is 12.4. The molecular formula is C21H23N3O3S. The normalized spacial score (nSPS) is 11.9. The second-order valence-corrected chi connectivity index (χ2v) is 7.75. The van der Waals surface area contributed by atoms with Crippen molar-refractivity contribution in [3.8, 4) is 17.2 Å². The summed E-state index contributed by atoms with van der Waals surface area (Å²) in [5.41, 5.74) is 3.85. The lowest BCUT2D eigenvalue weighted by molar-refractivity contribution is -0.115. The SMILES string of the molecule is CCOc1ccc(NC(=O)[C@@H](C)Sc2nnc(-c3cc(C)cc(C)c3)o2)cc1. The Balaban J connectivity index is 1.62. The van der Waals surface area contributed by atoms with Crippen LogP contribution in [0.2, 0.25) is 0 Å². The Bertz CT molecular complexity index is 934. The summed E-state index contributed by atoms with van der Waals surface area (Å²) in [5.74, 6) is 1.08. The highest BCUT2D eigenvalue weighted by atomic mass is 32.2. The molecule has 0 bridgehead atoms. The average Bonchev–Trinajstić information content (AvgIpc) is 3.11. The van der Waals surface area contributed by atoms with Crippen molar-refractivity contribution in [1.82, 2.24) is 10.2 Å². The Hall–Kier alpha value is -2.80. The van der Waals surface area contributed by atoms with Crippen molar-refractivity contribution in [2.45, 2.75) is 38.2 Å². The van der Waals surface area contributed by atoms with E-state index < -0.39 is 0 Å². The van der Waals surface area contributed by atoms with Gasteiger partial charge >= 0.3 is 0 Å². The predicted octanol–water partition coefficient (Wildman–Crippen LogP) is 4.87. The van der Waals surface area contributed by atoms with Gasteiger partial charge in [-0.05, 0) is 64.1 Å². The van der Waals surface area contributed by atoms with Crippen LogP contribution in [-0.2, 0) is 4.79 Å². The first-order chi connectivity index (χ1) is 13.4. The predicted molar refractivity (Wildman–Crippen MR) is 111 cm³/mol. The largest absolute Gasteiger partial charge is 0.494 e. The number of anilines is 1. The molecule has 3 rings (SSSR count). The first-order valence-electron chi connectivity index (χ1n) is 9.07. The topological polar surface area (TPSA) is 77.2 Å². The molecule has 0 spiro atoms. The molecule has 28 heavy (non-hydrogen) atoms. The molecule has 1 N–H and O–H groups in total. The van der Waals surface area contributed by atoms with Gasteiger partial charge in [0.1, 0.15) is 5.75 Å². The summed E-state index contributed by atoms with van der Waals surface area (Å²) < 4.78 is 11.1. The Morgan fingerprint density at radius 1 is 1.14 bits per heavy atom. The summed E-state index contributed by atoms with van der Waals surface area (Å²) in [6.07, 6.45) is 0. The standard InChI is InChI=1S/C21H23N3O3S/c1-5-26-18-8-6-17(7-9-18)22-19(25)15(4)28-21-24-23-20(27-21)16-11-13(2)10-14(3)12-16/h6-12,15H,5H2,1-4H3,(H,22,25)/t15-/m1/s1. The van der Waals surface area contributed by atoms with Crippen LogP contribution >= 0.6 is 11.8 Å². The van der Waals surface area contributed by atoms with Gasteiger partial charge in [-0.25, -0.2) is 0 Å². The zero-order chi connectivity index (χ0) is 20.1. The van der Waals surface area contributed by atoms with Crippen molar-refractivity contribution in [2.24, 2.45) is 0 Å². The van der Waals surface area contributed by atoms with Crippen LogP contribution in [0.5, 0.6) is 5.75 Å². The van der Waals surface area contributed by atoms with Gasteiger partial charge in [0.25, 0.3) is 5.22 Å². The molecule has 7 heteroatoms. The van der Waals surface area contributed by atoms with Gasteiger partial charge < -0.3 is 14.5 Å². The first kappa shape index (κ1) is 19.9. The summed E-state index contributed by atoms with van der Waals surface area (Å²) >= 11 is 1.23. The average molecular weight is 398 g/mol. The lowest BCUT2D eigenvalue weighted by atomic mass is 10.1. The number of aromatic nitrogens is 2. The van der Waals surface area contributed by atoms with Gasteiger partial charge in [0.15, 0.2) is 0 Å². The Labute approximate surface area is 168 Å². The van der Waals surface area contributed by atoms with E-state index in [1.807, 2.05) is 57.2 Å². The third-order valence-electron chi connectivity index (χ3n) is 3.95. The molecule has 1 atom stereocenters. The third-order valence-corrected chi connectivity index (χ3v) is 4.89. The second kappa shape index (κ2) is 8.93. The van der Waals surface area contributed by atoms with Crippen LogP contribution in [0, 0.1) is 13.8 Å². The van der Waals surface area contributed by atoms with E-state index in [1.54, 1.807) is 6.92 Å². The number of thioether (sulfide) groups is 1. The molecule has 1 amide bonds. The Kier molecular flexibility index (Phi) is 6.36. The summed E-state index contributed by atoms with van der Waals surface area (Å²) in [7, 11) is 0. The smallest absolute Gasteiger partial charge is 0.277 e.